The second-order valence-electron chi connectivity index (χ2n) is 8.74. The molecular weight excluding hydrogens is 336 g/mol. The molecule has 2 heterocycles. The Kier molecular flexibility index (Phi) is 5.59. The number of hydrogen-bond acceptors (Lipinski definition) is 3. The molecule has 5 heteroatoms. The first-order chi connectivity index (χ1) is 12.8. The summed E-state index contributed by atoms with van der Waals surface area (Å²) in [5.74, 6) is 0.877. The van der Waals surface area contributed by atoms with Gasteiger partial charge in [-0.1, -0.05) is 32.9 Å². The van der Waals surface area contributed by atoms with Gasteiger partial charge in [-0.25, -0.2) is 0 Å². The molecule has 1 aromatic heterocycles. The van der Waals surface area contributed by atoms with Gasteiger partial charge in [0.1, 0.15) is 0 Å². The predicted molar refractivity (Wildman–Crippen MR) is 111 cm³/mol. The van der Waals surface area contributed by atoms with Crippen LogP contribution in [0, 0.1) is 18.3 Å². The third kappa shape index (κ3) is 4.52. The summed E-state index contributed by atoms with van der Waals surface area (Å²) in [6, 6.07) is 8.56. The summed E-state index contributed by atoms with van der Waals surface area (Å²) in [4.78, 5) is 14.5. The van der Waals surface area contributed by atoms with Gasteiger partial charge < -0.3 is 10.2 Å². The first-order valence-corrected chi connectivity index (χ1v) is 9.88. The molecule has 1 aliphatic heterocycles. The smallest absolute Gasteiger partial charge is 0.227 e. The summed E-state index contributed by atoms with van der Waals surface area (Å²) in [5.41, 5.74) is 4.44. The number of nitrogens with zero attached hydrogens (tertiary/aromatic N) is 3. The van der Waals surface area contributed by atoms with E-state index in [1.165, 1.54) is 16.8 Å². The number of hydrogen-bond donors (Lipinski definition) is 1. The summed E-state index contributed by atoms with van der Waals surface area (Å²) in [6.45, 7) is 10.8. The highest BCUT2D eigenvalue weighted by Crippen LogP contribution is 2.27. The number of piperidine rings is 1. The van der Waals surface area contributed by atoms with Gasteiger partial charge in [0.05, 0.1) is 5.69 Å². The van der Waals surface area contributed by atoms with Crippen LogP contribution < -0.4 is 5.32 Å². The largest absolute Gasteiger partial charge is 0.385 e. The molecule has 5 nitrogen and oxygen atoms in total. The molecule has 3 rings (SSSR count). The number of aryl methyl sites for hydroxylation is 2. The first-order valence-electron chi connectivity index (χ1n) is 9.88. The second-order valence-corrected chi connectivity index (χ2v) is 8.74. The molecule has 0 unspecified atom stereocenters. The Morgan fingerprint density at radius 1 is 1.22 bits per heavy atom. The summed E-state index contributed by atoms with van der Waals surface area (Å²) >= 11 is 0. The van der Waals surface area contributed by atoms with Gasteiger partial charge in [0.15, 0.2) is 0 Å². The molecule has 27 heavy (non-hydrogen) atoms. The highest BCUT2D eigenvalue weighted by Gasteiger charge is 2.30. The van der Waals surface area contributed by atoms with E-state index in [-0.39, 0.29) is 11.3 Å². The number of carbonyl (C=O) groups excluding carboxylic acids is 1. The molecular formula is C22H32N4O. The maximum atomic E-state index is 12.4. The van der Waals surface area contributed by atoms with Crippen LogP contribution in [0.3, 0.4) is 0 Å². The van der Waals surface area contributed by atoms with Crippen LogP contribution in [0.15, 0.2) is 30.5 Å². The number of aromatic nitrogens is 2. The van der Waals surface area contributed by atoms with Crippen LogP contribution in [0.2, 0.25) is 0 Å². The van der Waals surface area contributed by atoms with E-state index in [2.05, 4.69) is 35.5 Å². The molecule has 146 valence electrons. The molecule has 1 N–H and O–H groups in total. The molecule has 0 bridgehead atoms. The number of carbonyl (C=O) groups is 1. The Hall–Kier alpha value is -2.30. The van der Waals surface area contributed by atoms with Gasteiger partial charge >= 0.3 is 0 Å². The Labute approximate surface area is 162 Å². The predicted octanol–water partition coefficient (Wildman–Crippen LogP) is 4.09. The normalized spacial score (nSPS) is 15.8. The number of nitrogens with one attached hydrogen (secondary N) is 1. The Bertz CT molecular complexity index is 795. The van der Waals surface area contributed by atoms with E-state index in [1.807, 2.05) is 49.7 Å². The number of amides is 1. The van der Waals surface area contributed by atoms with Gasteiger partial charge in [0.25, 0.3) is 0 Å². The van der Waals surface area contributed by atoms with Crippen molar-refractivity contribution in [3.05, 3.63) is 36.0 Å². The van der Waals surface area contributed by atoms with Crippen molar-refractivity contribution >= 4 is 11.6 Å². The molecule has 0 saturated carbocycles. The third-order valence-electron chi connectivity index (χ3n) is 5.48. The van der Waals surface area contributed by atoms with Crippen molar-refractivity contribution in [1.82, 2.24) is 14.7 Å². The lowest BCUT2D eigenvalue weighted by Gasteiger charge is -2.36. The fourth-order valence-corrected chi connectivity index (χ4v) is 3.70. The van der Waals surface area contributed by atoms with Crippen LogP contribution in [0.5, 0.6) is 0 Å². The zero-order chi connectivity index (χ0) is 19.6. The first kappa shape index (κ1) is 19.5. The molecule has 0 atom stereocenters. The van der Waals surface area contributed by atoms with E-state index >= 15 is 0 Å². The van der Waals surface area contributed by atoms with Gasteiger partial charge in [0.2, 0.25) is 5.91 Å². The van der Waals surface area contributed by atoms with E-state index in [1.54, 1.807) is 0 Å². The topological polar surface area (TPSA) is 50.2 Å². The SMILES string of the molecule is Cc1ccc(-c2ccnn2C)cc1NCC1CCN(C(=O)C(C)(C)C)CC1. The Morgan fingerprint density at radius 3 is 2.52 bits per heavy atom. The van der Waals surface area contributed by atoms with Crippen LogP contribution >= 0.6 is 0 Å². The van der Waals surface area contributed by atoms with Crippen molar-refractivity contribution in [3.63, 3.8) is 0 Å². The van der Waals surface area contributed by atoms with Gasteiger partial charge in [-0.3, -0.25) is 9.48 Å². The Morgan fingerprint density at radius 2 is 1.93 bits per heavy atom. The lowest BCUT2D eigenvalue weighted by molar-refractivity contribution is -0.140. The van der Waals surface area contributed by atoms with E-state index in [0.29, 0.717) is 5.92 Å². The lowest BCUT2D eigenvalue weighted by Crippen LogP contribution is -2.44. The Balaban J connectivity index is 1.58. The highest BCUT2D eigenvalue weighted by atomic mass is 16.2. The van der Waals surface area contributed by atoms with E-state index < -0.39 is 0 Å². The van der Waals surface area contributed by atoms with Gasteiger partial charge in [-0.05, 0) is 43.4 Å². The summed E-state index contributed by atoms with van der Waals surface area (Å²) in [7, 11) is 1.97. The van der Waals surface area contributed by atoms with Gasteiger partial charge in [-0.15, -0.1) is 0 Å². The van der Waals surface area contributed by atoms with Crippen LogP contribution in [0.1, 0.15) is 39.2 Å². The summed E-state index contributed by atoms with van der Waals surface area (Å²) < 4.78 is 1.90. The maximum Gasteiger partial charge on any atom is 0.227 e. The van der Waals surface area contributed by atoms with Gasteiger partial charge in [0, 0.05) is 49.5 Å². The van der Waals surface area contributed by atoms with Crippen molar-refractivity contribution in [2.24, 2.45) is 18.4 Å². The zero-order valence-electron chi connectivity index (χ0n) is 17.2. The quantitative estimate of drug-likeness (QED) is 0.884. The minimum absolute atomic E-state index is 0.272. The van der Waals surface area contributed by atoms with Crippen LogP contribution in [0.4, 0.5) is 5.69 Å². The number of anilines is 1. The third-order valence-corrected chi connectivity index (χ3v) is 5.48. The van der Waals surface area contributed by atoms with E-state index in [0.717, 1.165) is 38.2 Å². The number of rotatable bonds is 4. The van der Waals surface area contributed by atoms with Crippen molar-refractivity contribution in [3.8, 4) is 11.3 Å². The second kappa shape index (κ2) is 7.75. The fraction of sp³-hybridized carbons (Fsp3) is 0.545. The molecule has 0 radical (unpaired) electrons. The summed E-state index contributed by atoms with van der Waals surface area (Å²) in [5, 5.41) is 7.91. The minimum Gasteiger partial charge on any atom is -0.385 e. The number of likely N-dealkylation sites (tertiary alicyclic amines) is 1. The van der Waals surface area contributed by atoms with Crippen molar-refractivity contribution < 1.29 is 4.79 Å². The van der Waals surface area contributed by atoms with Crippen molar-refractivity contribution in [1.29, 1.82) is 0 Å². The van der Waals surface area contributed by atoms with Crippen molar-refractivity contribution in [2.75, 3.05) is 25.0 Å². The van der Waals surface area contributed by atoms with E-state index in [4.69, 9.17) is 0 Å². The minimum atomic E-state index is -0.283. The molecule has 1 saturated heterocycles. The van der Waals surface area contributed by atoms with Crippen molar-refractivity contribution in [2.45, 2.75) is 40.5 Å². The molecule has 1 aromatic carbocycles. The lowest BCUT2D eigenvalue weighted by atomic mass is 9.91. The molecule has 0 spiro atoms. The summed E-state index contributed by atoms with van der Waals surface area (Å²) in [6.07, 6.45) is 3.96. The van der Waals surface area contributed by atoms with Crippen LogP contribution in [-0.2, 0) is 11.8 Å². The molecule has 2 aromatic rings. The highest BCUT2D eigenvalue weighted by molar-refractivity contribution is 5.81. The molecule has 1 amide bonds. The van der Waals surface area contributed by atoms with Crippen LogP contribution in [-0.4, -0.2) is 40.2 Å². The zero-order valence-corrected chi connectivity index (χ0v) is 17.2. The average Bonchev–Trinajstić information content (AvgIpc) is 3.06. The fourth-order valence-electron chi connectivity index (χ4n) is 3.70. The standard InChI is InChI=1S/C22H32N4O/c1-16-6-7-18(20-8-11-24-25(20)5)14-19(16)23-15-17-9-12-26(13-10-17)21(27)22(2,3)4/h6-8,11,14,17,23H,9-10,12-13,15H2,1-5H3. The molecule has 0 aliphatic carbocycles. The average molecular weight is 369 g/mol. The van der Waals surface area contributed by atoms with Gasteiger partial charge in [-0.2, -0.15) is 5.10 Å². The maximum absolute atomic E-state index is 12.4. The van der Waals surface area contributed by atoms with E-state index in [9.17, 15) is 4.79 Å². The monoisotopic (exact) mass is 368 g/mol. The number of benzene rings is 1. The molecule has 1 fully saturated rings. The molecule has 1 aliphatic rings. The van der Waals surface area contributed by atoms with Crippen LogP contribution in [0.25, 0.3) is 11.3 Å².